The molecule has 1 aliphatic carbocycles. The van der Waals surface area contributed by atoms with Gasteiger partial charge in [-0.25, -0.2) is 4.98 Å². The molecule has 1 aliphatic rings. The summed E-state index contributed by atoms with van der Waals surface area (Å²) in [4.78, 5) is 13.4. The molecule has 4 rings (SSSR count). The van der Waals surface area contributed by atoms with Gasteiger partial charge in [0.15, 0.2) is 5.75 Å². The number of nitrogens with one attached hydrogen (secondary N) is 1. The molecule has 29 heavy (non-hydrogen) atoms. The van der Waals surface area contributed by atoms with Crippen molar-refractivity contribution in [2.75, 3.05) is 5.75 Å². The molecule has 3 N–H and O–H groups in total. The van der Waals surface area contributed by atoms with Crippen LogP contribution in [-0.2, 0) is 0 Å². The Bertz CT molecular complexity index is 1050. The second-order valence-corrected chi connectivity index (χ2v) is 7.89. The number of hydrogen-bond acceptors (Lipinski definition) is 7. The molecule has 2 aromatic heterocycles. The van der Waals surface area contributed by atoms with Crippen LogP contribution in [0.1, 0.15) is 31.4 Å². The first kappa shape index (κ1) is 19.4. The van der Waals surface area contributed by atoms with Gasteiger partial charge < -0.3 is 15.3 Å². The molecule has 3 aromatic rings. The Morgan fingerprint density at radius 3 is 2.79 bits per heavy atom. The maximum Gasteiger partial charge on any atom is 0.156 e. The van der Waals surface area contributed by atoms with Crippen LogP contribution < -0.4 is 9.92 Å². The molecule has 1 aromatic carbocycles. The van der Waals surface area contributed by atoms with Gasteiger partial charge in [-0.3, -0.25) is 9.97 Å². The molecule has 2 heterocycles. The molecule has 7 heteroatoms. The van der Waals surface area contributed by atoms with E-state index in [4.69, 9.17) is 15.3 Å². The van der Waals surface area contributed by atoms with E-state index >= 15 is 0 Å². The number of rotatable bonds is 7. The van der Waals surface area contributed by atoms with E-state index in [2.05, 4.69) is 15.0 Å². The lowest BCUT2D eigenvalue weighted by atomic mass is 10.1. The van der Waals surface area contributed by atoms with Gasteiger partial charge in [0.25, 0.3) is 0 Å². The van der Waals surface area contributed by atoms with Crippen molar-refractivity contribution in [2.45, 2.75) is 25.7 Å². The average Bonchev–Trinajstić information content (AvgIpc) is 3.28. The van der Waals surface area contributed by atoms with E-state index in [1.807, 2.05) is 30.5 Å². The lowest BCUT2D eigenvalue weighted by molar-refractivity contribution is 0.591. The number of nitrogens with zero attached hydrogens (tertiary/aromatic N) is 3. The molecule has 0 bridgehead atoms. The molecule has 0 atom stereocenters. The van der Waals surface area contributed by atoms with Crippen LogP contribution in [0.2, 0.25) is 0 Å². The summed E-state index contributed by atoms with van der Waals surface area (Å²) in [5.41, 5.74) is 10.1. The smallest absolute Gasteiger partial charge is 0.156 e. The Balaban J connectivity index is 1.54. The number of hydrogen-bond donors (Lipinski definition) is 2. The normalized spacial score (nSPS) is 15.0. The van der Waals surface area contributed by atoms with Gasteiger partial charge in [-0.05, 0) is 42.5 Å². The van der Waals surface area contributed by atoms with Gasteiger partial charge in [-0.15, -0.1) is 0 Å². The van der Waals surface area contributed by atoms with Crippen molar-refractivity contribution in [1.82, 2.24) is 15.0 Å². The van der Waals surface area contributed by atoms with Crippen molar-refractivity contribution in [3.05, 3.63) is 54.7 Å². The predicted octanol–water partition coefficient (Wildman–Crippen LogP) is 4.86. The summed E-state index contributed by atoms with van der Waals surface area (Å²) < 4.78 is 5.88. The van der Waals surface area contributed by atoms with Gasteiger partial charge in [-0.2, -0.15) is 0 Å². The van der Waals surface area contributed by atoms with E-state index in [0.717, 1.165) is 39.6 Å². The molecule has 0 saturated heterocycles. The van der Waals surface area contributed by atoms with E-state index in [1.165, 1.54) is 50.1 Å². The number of pyridine rings is 1. The van der Waals surface area contributed by atoms with Crippen LogP contribution in [-0.4, -0.2) is 26.9 Å². The molecule has 0 radical (unpaired) electrons. The van der Waals surface area contributed by atoms with Gasteiger partial charge in [0.05, 0.1) is 41.2 Å². The SMILES string of the molecule is N=C/C(=C\N)c1cnc2ccc(-c3cncc(OSCC4CCCC4)c3)cc2n1. The minimum absolute atomic E-state index is 0.529. The fourth-order valence-electron chi connectivity index (χ4n) is 3.54. The lowest BCUT2D eigenvalue weighted by Crippen LogP contribution is -1.98. The summed E-state index contributed by atoms with van der Waals surface area (Å²) in [6.07, 6.45) is 13.0. The highest BCUT2D eigenvalue weighted by molar-refractivity contribution is 7.95. The van der Waals surface area contributed by atoms with E-state index in [0.29, 0.717) is 11.3 Å². The van der Waals surface area contributed by atoms with Crippen LogP contribution in [0.25, 0.3) is 27.7 Å². The van der Waals surface area contributed by atoms with Crippen LogP contribution in [0.15, 0.2) is 49.1 Å². The van der Waals surface area contributed by atoms with Crippen LogP contribution >= 0.6 is 12.0 Å². The molecule has 0 amide bonds. The molecular weight excluding hydrogens is 382 g/mol. The zero-order valence-corrected chi connectivity index (χ0v) is 16.9. The van der Waals surface area contributed by atoms with Crippen molar-refractivity contribution < 1.29 is 4.18 Å². The number of aromatic nitrogens is 3. The monoisotopic (exact) mass is 405 g/mol. The standard InChI is InChI=1S/C22H23N5OS/c23-9-18(10-24)22-13-26-20-6-5-16(8-21(20)27-22)17-7-19(12-25-11-17)28-29-14-15-3-1-2-4-15/h5-13,15,23H,1-4,14,24H2/b18-10+,23-9?. The maximum atomic E-state index is 7.45. The van der Waals surface area contributed by atoms with Crippen molar-refractivity contribution in [3.8, 4) is 16.9 Å². The molecular formula is C22H23N5OS. The molecule has 0 unspecified atom stereocenters. The first-order valence-corrected chi connectivity index (χ1v) is 10.6. The highest BCUT2D eigenvalue weighted by Crippen LogP contribution is 2.30. The molecule has 1 saturated carbocycles. The van der Waals surface area contributed by atoms with Crippen molar-refractivity contribution in [2.24, 2.45) is 11.7 Å². The Morgan fingerprint density at radius 1 is 1.14 bits per heavy atom. The summed E-state index contributed by atoms with van der Waals surface area (Å²) in [6.45, 7) is 0. The summed E-state index contributed by atoms with van der Waals surface area (Å²) >= 11 is 1.52. The maximum absolute atomic E-state index is 7.45. The van der Waals surface area contributed by atoms with Crippen LogP contribution in [0.5, 0.6) is 5.75 Å². The second kappa shape index (κ2) is 9.05. The highest BCUT2D eigenvalue weighted by Gasteiger charge is 2.15. The van der Waals surface area contributed by atoms with Gasteiger partial charge >= 0.3 is 0 Å². The largest absolute Gasteiger partial charge is 0.424 e. The first-order chi connectivity index (χ1) is 14.3. The Morgan fingerprint density at radius 2 is 2.00 bits per heavy atom. The summed E-state index contributed by atoms with van der Waals surface area (Å²) in [5, 5.41) is 7.45. The average molecular weight is 406 g/mol. The topological polar surface area (TPSA) is 97.8 Å². The zero-order valence-electron chi connectivity index (χ0n) is 16.0. The highest BCUT2D eigenvalue weighted by atomic mass is 32.2. The third kappa shape index (κ3) is 4.56. The van der Waals surface area contributed by atoms with Crippen molar-refractivity contribution >= 4 is 34.9 Å². The minimum Gasteiger partial charge on any atom is -0.424 e. The van der Waals surface area contributed by atoms with Gasteiger partial charge in [-0.1, -0.05) is 18.9 Å². The van der Waals surface area contributed by atoms with E-state index in [1.54, 1.807) is 12.4 Å². The Labute approximate surface area is 174 Å². The van der Waals surface area contributed by atoms with Crippen LogP contribution in [0.4, 0.5) is 0 Å². The van der Waals surface area contributed by atoms with E-state index in [-0.39, 0.29) is 0 Å². The van der Waals surface area contributed by atoms with Crippen molar-refractivity contribution in [1.29, 1.82) is 5.41 Å². The second-order valence-electron chi connectivity index (χ2n) is 7.15. The van der Waals surface area contributed by atoms with Gasteiger partial charge in [0.2, 0.25) is 0 Å². The van der Waals surface area contributed by atoms with Gasteiger partial charge in [0, 0.05) is 35.5 Å². The summed E-state index contributed by atoms with van der Waals surface area (Å²) in [7, 11) is 0. The fourth-order valence-corrected chi connectivity index (χ4v) is 4.36. The van der Waals surface area contributed by atoms with Gasteiger partial charge in [0.1, 0.15) is 0 Å². The van der Waals surface area contributed by atoms with Crippen molar-refractivity contribution in [3.63, 3.8) is 0 Å². The third-order valence-corrected chi connectivity index (χ3v) is 6.07. The molecule has 6 nitrogen and oxygen atoms in total. The third-order valence-electron chi connectivity index (χ3n) is 5.15. The number of benzene rings is 1. The zero-order chi connectivity index (χ0) is 20.1. The summed E-state index contributed by atoms with van der Waals surface area (Å²) in [5.74, 6) is 2.56. The lowest BCUT2D eigenvalue weighted by Gasteiger charge is -2.10. The van der Waals surface area contributed by atoms with Crippen LogP contribution in [0.3, 0.4) is 0 Å². The summed E-state index contributed by atoms with van der Waals surface area (Å²) in [6, 6.07) is 7.89. The van der Waals surface area contributed by atoms with Crippen LogP contribution in [0, 0.1) is 11.3 Å². The first-order valence-electron chi connectivity index (χ1n) is 9.71. The quantitative estimate of drug-likeness (QED) is 0.430. The predicted molar refractivity (Wildman–Crippen MR) is 119 cm³/mol. The molecule has 148 valence electrons. The Hall–Kier alpha value is -2.93. The minimum atomic E-state index is 0.529. The molecule has 0 spiro atoms. The van der Waals surface area contributed by atoms with E-state index in [9.17, 15) is 0 Å². The number of fused-ring (bicyclic) bond motifs is 1. The Kier molecular flexibility index (Phi) is 6.05. The van der Waals surface area contributed by atoms with E-state index < -0.39 is 0 Å². The molecule has 1 fully saturated rings. The number of allylic oxidation sites excluding steroid dienone is 1. The fraction of sp³-hybridized carbons (Fsp3) is 0.273. The molecule has 0 aliphatic heterocycles. The number of nitrogens with two attached hydrogens (primary N) is 1.